The Kier molecular flexibility index (Phi) is 6.84. The first-order chi connectivity index (χ1) is 11.5. The standard InChI is InChI=1S/C17H21ClNO4P/c1-3-22-24(21,23-4-2)17(14-8-6-5-7-9-14)19(20)16-12-10-15(18)11-13-16/h5-13,17,20H,3-4H2,1-2H3. The first kappa shape index (κ1) is 19.0. The number of benzene rings is 2. The van der Waals surface area contributed by atoms with E-state index >= 15 is 0 Å². The van der Waals surface area contributed by atoms with Crippen LogP contribution in [0, 0.1) is 0 Å². The maximum absolute atomic E-state index is 13.3. The molecule has 1 atom stereocenters. The van der Waals surface area contributed by atoms with Gasteiger partial charge in [-0.3, -0.25) is 9.77 Å². The zero-order valence-electron chi connectivity index (χ0n) is 13.6. The monoisotopic (exact) mass is 369 g/mol. The summed E-state index contributed by atoms with van der Waals surface area (Å²) in [5, 5.41) is 12.2. The summed E-state index contributed by atoms with van der Waals surface area (Å²) in [6.45, 7) is 3.87. The van der Waals surface area contributed by atoms with Crippen LogP contribution in [0.4, 0.5) is 5.69 Å². The Morgan fingerprint density at radius 2 is 1.58 bits per heavy atom. The molecule has 5 nitrogen and oxygen atoms in total. The summed E-state index contributed by atoms with van der Waals surface area (Å²) in [5.41, 5.74) is 1.06. The molecule has 0 saturated carbocycles. The molecule has 7 heteroatoms. The molecule has 0 aromatic heterocycles. The lowest BCUT2D eigenvalue weighted by Gasteiger charge is -2.33. The van der Waals surface area contributed by atoms with E-state index in [2.05, 4.69) is 0 Å². The van der Waals surface area contributed by atoms with E-state index in [0.717, 1.165) is 5.06 Å². The van der Waals surface area contributed by atoms with Crippen molar-refractivity contribution in [1.29, 1.82) is 0 Å². The summed E-state index contributed by atoms with van der Waals surface area (Å²) in [6, 6.07) is 15.6. The molecule has 2 rings (SSSR count). The Morgan fingerprint density at radius 1 is 1.04 bits per heavy atom. The zero-order chi connectivity index (χ0) is 17.6. The maximum atomic E-state index is 13.3. The number of rotatable bonds is 8. The minimum Gasteiger partial charge on any atom is -0.307 e. The van der Waals surface area contributed by atoms with E-state index in [1.165, 1.54) is 0 Å². The van der Waals surface area contributed by atoms with Crippen molar-refractivity contribution in [2.45, 2.75) is 19.6 Å². The van der Waals surface area contributed by atoms with Crippen LogP contribution < -0.4 is 5.06 Å². The average molecular weight is 370 g/mol. The Balaban J connectivity index is 2.49. The van der Waals surface area contributed by atoms with Crippen LogP contribution in [0.25, 0.3) is 0 Å². The van der Waals surface area contributed by atoms with Crippen molar-refractivity contribution >= 4 is 24.9 Å². The molecule has 2 aromatic carbocycles. The SMILES string of the molecule is CCOP(=O)(OCC)C(c1ccccc1)N(O)c1ccc(Cl)cc1. The normalized spacial score (nSPS) is 12.8. The summed E-state index contributed by atoms with van der Waals surface area (Å²) in [5.74, 6) is -0.986. The molecule has 0 aliphatic rings. The second-order valence-corrected chi connectivity index (χ2v) is 7.50. The number of hydrogen-bond acceptors (Lipinski definition) is 5. The molecule has 0 aliphatic heterocycles. The summed E-state index contributed by atoms with van der Waals surface area (Å²) in [7, 11) is -3.64. The van der Waals surface area contributed by atoms with Gasteiger partial charge in [0.1, 0.15) is 0 Å². The summed E-state index contributed by atoms with van der Waals surface area (Å²) in [4.78, 5) is 0. The molecule has 0 saturated heterocycles. The van der Waals surface area contributed by atoms with Gasteiger partial charge in [-0.2, -0.15) is 0 Å². The van der Waals surface area contributed by atoms with Gasteiger partial charge in [0.25, 0.3) is 0 Å². The van der Waals surface area contributed by atoms with Gasteiger partial charge < -0.3 is 9.05 Å². The molecule has 24 heavy (non-hydrogen) atoms. The van der Waals surface area contributed by atoms with Crippen molar-refractivity contribution < 1.29 is 18.8 Å². The Bertz CT molecular complexity index is 671. The molecule has 0 spiro atoms. The van der Waals surface area contributed by atoms with E-state index in [9.17, 15) is 9.77 Å². The van der Waals surface area contributed by atoms with Gasteiger partial charge in [0.2, 0.25) is 0 Å². The van der Waals surface area contributed by atoms with Gasteiger partial charge in [-0.1, -0.05) is 41.9 Å². The second-order valence-electron chi connectivity index (χ2n) is 4.98. The molecule has 1 unspecified atom stereocenters. The van der Waals surface area contributed by atoms with Crippen molar-refractivity contribution in [1.82, 2.24) is 0 Å². The van der Waals surface area contributed by atoms with Crippen LogP contribution in [0.5, 0.6) is 0 Å². The van der Waals surface area contributed by atoms with Crippen molar-refractivity contribution in [2.24, 2.45) is 0 Å². The fourth-order valence-corrected chi connectivity index (χ4v) is 4.50. The largest absolute Gasteiger partial charge is 0.359 e. The summed E-state index contributed by atoms with van der Waals surface area (Å²) in [6.07, 6.45) is 0. The van der Waals surface area contributed by atoms with E-state index in [-0.39, 0.29) is 13.2 Å². The van der Waals surface area contributed by atoms with Crippen molar-refractivity contribution in [3.8, 4) is 0 Å². The fourth-order valence-electron chi connectivity index (χ4n) is 2.36. The quantitative estimate of drug-likeness (QED) is 0.491. The lowest BCUT2D eigenvalue weighted by Crippen LogP contribution is -2.26. The zero-order valence-corrected chi connectivity index (χ0v) is 15.3. The minimum atomic E-state index is -3.64. The van der Waals surface area contributed by atoms with E-state index < -0.39 is 13.4 Å². The van der Waals surface area contributed by atoms with E-state index in [0.29, 0.717) is 16.3 Å². The Morgan fingerprint density at radius 3 is 2.08 bits per heavy atom. The van der Waals surface area contributed by atoms with Gasteiger partial charge in [0.05, 0.1) is 18.9 Å². The van der Waals surface area contributed by atoms with Gasteiger partial charge in [-0.25, -0.2) is 5.06 Å². The molecular weight excluding hydrogens is 349 g/mol. The topological polar surface area (TPSA) is 59.0 Å². The van der Waals surface area contributed by atoms with E-state index in [1.807, 2.05) is 6.07 Å². The van der Waals surface area contributed by atoms with Crippen molar-refractivity contribution in [3.05, 3.63) is 65.2 Å². The number of halogens is 1. The molecule has 0 aliphatic carbocycles. The molecule has 130 valence electrons. The van der Waals surface area contributed by atoms with Crippen LogP contribution in [-0.2, 0) is 13.6 Å². The van der Waals surface area contributed by atoms with Crippen molar-refractivity contribution in [3.63, 3.8) is 0 Å². The van der Waals surface area contributed by atoms with Gasteiger partial charge in [-0.15, -0.1) is 0 Å². The molecule has 0 radical (unpaired) electrons. The van der Waals surface area contributed by atoms with Crippen LogP contribution in [0.3, 0.4) is 0 Å². The average Bonchev–Trinajstić information content (AvgIpc) is 2.57. The third-order valence-corrected chi connectivity index (χ3v) is 5.94. The van der Waals surface area contributed by atoms with Gasteiger partial charge in [0, 0.05) is 5.02 Å². The third kappa shape index (κ3) is 4.38. The molecule has 0 heterocycles. The van der Waals surface area contributed by atoms with Crippen LogP contribution in [0.15, 0.2) is 54.6 Å². The lowest BCUT2D eigenvalue weighted by atomic mass is 10.2. The number of hydroxylamine groups is 1. The molecular formula is C17H21ClNO4P. The van der Waals surface area contributed by atoms with Crippen LogP contribution in [-0.4, -0.2) is 18.4 Å². The highest BCUT2D eigenvalue weighted by Gasteiger charge is 2.41. The molecule has 0 fully saturated rings. The number of anilines is 1. The number of nitrogens with zero attached hydrogens (tertiary/aromatic N) is 1. The Labute approximate surface area is 147 Å². The second kappa shape index (κ2) is 8.65. The van der Waals surface area contributed by atoms with Gasteiger partial charge in [-0.05, 0) is 43.7 Å². The van der Waals surface area contributed by atoms with Gasteiger partial charge in [0.15, 0.2) is 5.78 Å². The Hall–Kier alpha value is -1.36. The highest BCUT2D eigenvalue weighted by Crippen LogP contribution is 2.62. The molecule has 0 bridgehead atoms. The molecule has 1 N–H and O–H groups in total. The van der Waals surface area contributed by atoms with E-state index in [4.69, 9.17) is 20.6 Å². The smallest absolute Gasteiger partial charge is 0.307 e. The predicted octanol–water partition coefficient (Wildman–Crippen LogP) is 5.50. The van der Waals surface area contributed by atoms with E-state index in [1.54, 1.807) is 62.4 Å². The fraction of sp³-hybridized carbons (Fsp3) is 0.294. The first-order valence-electron chi connectivity index (χ1n) is 7.69. The highest BCUT2D eigenvalue weighted by atomic mass is 35.5. The van der Waals surface area contributed by atoms with Crippen LogP contribution in [0.2, 0.25) is 5.02 Å². The minimum absolute atomic E-state index is 0.203. The highest BCUT2D eigenvalue weighted by molar-refractivity contribution is 7.54. The first-order valence-corrected chi connectivity index (χ1v) is 9.68. The molecule has 0 amide bonds. The lowest BCUT2D eigenvalue weighted by molar-refractivity contribution is 0.179. The third-order valence-electron chi connectivity index (χ3n) is 3.34. The summed E-state index contributed by atoms with van der Waals surface area (Å²) < 4.78 is 24.2. The van der Waals surface area contributed by atoms with Crippen LogP contribution >= 0.6 is 19.2 Å². The summed E-state index contributed by atoms with van der Waals surface area (Å²) >= 11 is 5.90. The van der Waals surface area contributed by atoms with Gasteiger partial charge >= 0.3 is 7.60 Å². The number of hydrogen-bond donors (Lipinski definition) is 1. The maximum Gasteiger partial charge on any atom is 0.359 e. The van der Waals surface area contributed by atoms with Crippen LogP contribution in [0.1, 0.15) is 25.2 Å². The predicted molar refractivity (Wildman–Crippen MR) is 95.8 cm³/mol. The molecule has 2 aromatic rings. The van der Waals surface area contributed by atoms with Crippen molar-refractivity contribution in [2.75, 3.05) is 18.3 Å².